The minimum absolute atomic E-state index is 0.000759. The van der Waals surface area contributed by atoms with Gasteiger partial charge in [-0.15, -0.1) is 0 Å². The number of nitrogens with zero attached hydrogens (tertiary/aromatic N) is 3. The lowest BCUT2D eigenvalue weighted by Crippen LogP contribution is -2.18. The van der Waals surface area contributed by atoms with Crippen LogP contribution in [0.5, 0.6) is 0 Å². The van der Waals surface area contributed by atoms with Gasteiger partial charge in [0.25, 0.3) is 11.9 Å². The Morgan fingerprint density at radius 3 is 2.96 bits per heavy atom. The van der Waals surface area contributed by atoms with Gasteiger partial charge in [-0.25, -0.2) is 19.4 Å². The molecule has 0 aromatic carbocycles. The minimum Gasteiger partial charge on any atom is -0.465 e. The van der Waals surface area contributed by atoms with E-state index < -0.39 is 11.7 Å². The number of amidine groups is 1. The highest BCUT2D eigenvalue weighted by Gasteiger charge is 2.14. The first-order valence-corrected chi connectivity index (χ1v) is 8.20. The van der Waals surface area contributed by atoms with Gasteiger partial charge < -0.3 is 15.8 Å². The quantitative estimate of drug-likeness (QED) is 0.561. The summed E-state index contributed by atoms with van der Waals surface area (Å²) in [5.74, 6) is -0.908. The number of anilines is 1. The van der Waals surface area contributed by atoms with Gasteiger partial charge in [-0.1, -0.05) is 11.6 Å². The van der Waals surface area contributed by atoms with E-state index in [0.717, 1.165) is 0 Å². The van der Waals surface area contributed by atoms with E-state index in [1.165, 1.54) is 25.4 Å². The summed E-state index contributed by atoms with van der Waals surface area (Å²) in [5.41, 5.74) is 5.55. The highest BCUT2D eigenvalue weighted by Crippen LogP contribution is 2.20. The first-order chi connectivity index (χ1) is 11.9. The van der Waals surface area contributed by atoms with E-state index in [4.69, 9.17) is 22.1 Å². The Labute approximate surface area is 156 Å². The number of amides is 1. The molecule has 0 bridgehead atoms. The topological polar surface area (TPSA) is 102 Å². The maximum atomic E-state index is 13.8. The number of nitrogens with one attached hydrogen (secondary N) is 1. The van der Waals surface area contributed by atoms with Crippen LogP contribution in [0.15, 0.2) is 33.9 Å². The molecule has 0 saturated heterocycles. The average Bonchev–Trinajstić information content (AvgIpc) is 2.57. The van der Waals surface area contributed by atoms with Gasteiger partial charge in [-0.3, -0.25) is 4.79 Å². The molecule has 2 rings (SSSR count). The van der Waals surface area contributed by atoms with Gasteiger partial charge in [0.15, 0.2) is 0 Å². The van der Waals surface area contributed by atoms with Gasteiger partial charge >= 0.3 is 0 Å². The molecule has 0 fully saturated rings. The number of pyridine rings is 2. The van der Waals surface area contributed by atoms with Gasteiger partial charge in [0.05, 0.1) is 17.3 Å². The van der Waals surface area contributed by atoms with Crippen molar-refractivity contribution in [1.29, 1.82) is 0 Å². The van der Waals surface area contributed by atoms with Crippen LogP contribution >= 0.6 is 27.5 Å². The largest absolute Gasteiger partial charge is 0.465 e. The van der Waals surface area contributed by atoms with Crippen LogP contribution in [-0.4, -0.2) is 35.6 Å². The molecule has 132 valence electrons. The molecule has 10 heteroatoms. The van der Waals surface area contributed by atoms with Gasteiger partial charge in [0, 0.05) is 24.1 Å². The second kappa shape index (κ2) is 8.72. The zero-order valence-corrected chi connectivity index (χ0v) is 15.4. The Bertz CT molecular complexity index is 819. The molecule has 0 unspecified atom stereocenters. The summed E-state index contributed by atoms with van der Waals surface area (Å²) in [6, 6.07) is 4.09. The number of carbonyl (C=O) groups excluding carboxylic acids is 1. The molecule has 2 heterocycles. The molecule has 0 aliphatic heterocycles. The highest BCUT2D eigenvalue weighted by molar-refractivity contribution is 9.10. The van der Waals surface area contributed by atoms with Crippen molar-refractivity contribution >= 4 is 45.3 Å². The molecule has 0 atom stereocenters. The van der Waals surface area contributed by atoms with Crippen molar-refractivity contribution in [3.8, 4) is 0 Å². The minimum atomic E-state index is -0.554. The molecular formula is C15H14BrClFN5O2. The molecule has 25 heavy (non-hydrogen) atoms. The van der Waals surface area contributed by atoms with Crippen molar-refractivity contribution < 1.29 is 13.9 Å². The molecule has 0 aliphatic rings. The van der Waals surface area contributed by atoms with E-state index in [1.54, 1.807) is 6.07 Å². The lowest BCUT2D eigenvalue weighted by atomic mass is 10.2. The Kier molecular flexibility index (Phi) is 6.65. The van der Waals surface area contributed by atoms with Crippen LogP contribution in [0.3, 0.4) is 0 Å². The van der Waals surface area contributed by atoms with Crippen LogP contribution in [0.1, 0.15) is 16.2 Å². The smallest absolute Gasteiger partial charge is 0.281 e. The van der Waals surface area contributed by atoms with Crippen molar-refractivity contribution in [1.82, 2.24) is 9.97 Å². The fraction of sp³-hybridized carbons (Fsp3) is 0.200. The number of carbonyl (C=O) groups is 1. The van der Waals surface area contributed by atoms with Crippen molar-refractivity contribution in [2.75, 3.05) is 19.0 Å². The molecule has 0 radical (unpaired) electrons. The summed E-state index contributed by atoms with van der Waals surface area (Å²) in [6.07, 6.45) is 1.60. The van der Waals surface area contributed by atoms with E-state index >= 15 is 0 Å². The van der Waals surface area contributed by atoms with Crippen molar-refractivity contribution in [2.45, 2.75) is 6.42 Å². The lowest BCUT2D eigenvalue weighted by molar-refractivity contribution is 0.102. The number of halogens is 3. The van der Waals surface area contributed by atoms with E-state index in [9.17, 15) is 9.18 Å². The zero-order chi connectivity index (χ0) is 18.4. The standard InChI is InChI=1S/C15H14BrClFN5O2/c1-20-15(19)25-5-4-11-10(18)2-3-12(22-11)23-14(24)13-9(17)6-8(16)7-21-13/h2-3,6-7H,4-5H2,1H3,(H2,19,20)(H,22,23,24). The van der Waals surface area contributed by atoms with Crippen LogP contribution in [0, 0.1) is 5.82 Å². The molecule has 7 nitrogen and oxygen atoms in total. The van der Waals surface area contributed by atoms with Gasteiger partial charge in [0.2, 0.25) is 0 Å². The highest BCUT2D eigenvalue weighted by atomic mass is 79.9. The van der Waals surface area contributed by atoms with Crippen molar-refractivity contribution in [3.63, 3.8) is 0 Å². The number of ether oxygens (including phenoxy) is 1. The molecule has 0 spiro atoms. The molecule has 3 N–H and O–H groups in total. The Hall–Kier alpha value is -2.26. The normalized spacial score (nSPS) is 11.3. The van der Waals surface area contributed by atoms with Gasteiger partial charge in [0.1, 0.15) is 17.3 Å². The predicted octanol–water partition coefficient (Wildman–Crippen LogP) is 2.79. The maximum Gasteiger partial charge on any atom is 0.281 e. The van der Waals surface area contributed by atoms with E-state index in [1.807, 2.05) is 0 Å². The van der Waals surface area contributed by atoms with E-state index in [-0.39, 0.29) is 41.3 Å². The van der Waals surface area contributed by atoms with Crippen LogP contribution in [0.2, 0.25) is 5.02 Å². The summed E-state index contributed by atoms with van der Waals surface area (Å²) in [6.45, 7) is 0.102. The molecule has 2 aromatic rings. The van der Waals surface area contributed by atoms with E-state index in [2.05, 4.69) is 36.2 Å². The van der Waals surface area contributed by atoms with E-state index in [0.29, 0.717) is 4.47 Å². The third-order valence-electron chi connectivity index (χ3n) is 2.99. The molecule has 2 aromatic heterocycles. The fourth-order valence-corrected chi connectivity index (χ4v) is 2.52. The third kappa shape index (κ3) is 5.36. The monoisotopic (exact) mass is 429 g/mol. The number of rotatable bonds is 5. The number of nitrogens with two attached hydrogens (primary N) is 1. The maximum absolute atomic E-state index is 13.8. The fourth-order valence-electron chi connectivity index (χ4n) is 1.80. The summed E-state index contributed by atoms with van der Waals surface area (Å²) >= 11 is 9.19. The zero-order valence-electron chi connectivity index (χ0n) is 13.1. The molecule has 0 saturated carbocycles. The van der Waals surface area contributed by atoms with Gasteiger partial charge in [-0.2, -0.15) is 0 Å². The second-order valence-corrected chi connectivity index (χ2v) is 6.05. The number of hydrogen-bond acceptors (Lipinski definition) is 5. The Morgan fingerprint density at radius 1 is 1.52 bits per heavy atom. The predicted molar refractivity (Wildman–Crippen MR) is 96.3 cm³/mol. The number of aliphatic imine (C=N–C) groups is 1. The summed E-state index contributed by atoms with van der Waals surface area (Å²) < 4.78 is 19.5. The molecular weight excluding hydrogens is 417 g/mol. The first-order valence-electron chi connectivity index (χ1n) is 7.03. The van der Waals surface area contributed by atoms with Crippen molar-refractivity contribution in [2.24, 2.45) is 10.7 Å². The molecule has 0 aliphatic carbocycles. The Balaban J connectivity index is 2.09. The first kappa shape index (κ1) is 19.1. The SMILES string of the molecule is C/N=C(/N)OCCc1nc(NC(=O)c2ncc(Br)cc2Cl)ccc1F. The third-order valence-corrected chi connectivity index (χ3v) is 3.71. The average molecular weight is 431 g/mol. The van der Waals surface area contributed by atoms with Crippen LogP contribution in [0.25, 0.3) is 0 Å². The summed E-state index contributed by atoms with van der Waals surface area (Å²) in [7, 11) is 1.48. The lowest BCUT2D eigenvalue weighted by Gasteiger charge is -2.09. The second-order valence-electron chi connectivity index (χ2n) is 4.72. The van der Waals surface area contributed by atoms with Crippen LogP contribution < -0.4 is 11.1 Å². The van der Waals surface area contributed by atoms with Crippen LogP contribution in [-0.2, 0) is 11.2 Å². The molecule has 1 amide bonds. The number of hydrogen-bond donors (Lipinski definition) is 2. The van der Waals surface area contributed by atoms with Crippen LogP contribution in [0.4, 0.5) is 10.2 Å². The summed E-state index contributed by atoms with van der Waals surface area (Å²) in [5, 5.41) is 2.71. The Morgan fingerprint density at radius 2 is 2.28 bits per heavy atom. The van der Waals surface area contributed by atoms with Crippen molar-refractivity contribution in [3.05, 3.63) is 51.1 Å². The number of aromatic nitrogens is 2. The summed E-state index contributed by atoms with van der Waals surface area (Å²) in [4.78, 5) is 23.9. The van der Waals surface area contributed by atoms with Gasteiger partial charge in [-0.05, 0) is 34.1 Å².